The summed E-state index contributed by atoms with van der Waals surface area (Å²) in [5, 5.41) is 0.519. The van der Waals surface area contributed by atoms with Gasteiger partial charge in [0.1, 0.15) is 0 Å². The Morgan fingerprint density at radius 3 is 2.35 bits per heavy atom. The molecule has 0 aromatic heterocycles. The van der Waals surface area contributed by atoms with E-state index in [-0.39, 0.29) is 5.78 Å². The number of carbonyl (C=O) groups excluding carboxylic acids is 1. The molecule has 1 aromatic rings. The van der Waals surface area contributed by atoms with Gasteiger partial charge in [0.05, 0.1) is 24.2 Å². The minimum absolute atomic E-state index is 0.247. The van der Waals surface area contributed by atoms with Crippen molar-refractivity contribution in [1.29, 1.82) is 0 Å². The quantitative estimate of drug-likeness (QED) is 0.769. The molecule has 2 rings (SSSR count). The first kappa shape index (κ1) is 12.7. The number of ketones is 1. The predicted molar refractivity (Wildman–Crippen MR) is 72.0 cm³/mol. The van der Waals surface area contributed by atoms with Crippen molar-refractivity contribution >= 4 is 17.5 Å². The van der Waals surface area contributed by atoms with Crippen molar-refractivity contribution in [1.82, 2.24) is 0 Å². The summed E-state index contributed by atoms with van der Waals surface area (Å²) in [7, 11) is 0. The van der Waals surface area contributed by atoms with Gasteiger partial charge in [-0.3, -0.25) is 4.79 Å². The Morgan fingerprint density at radius 1 is 1.29 bits per heavy atom. The second-order valence-corrected chi connectivity index (χ2v) is 5.96. The molecule has 17 heavy (non-hydrogen) atoms. The van der Waals surface area contributed by atoms with Gasteiger partial charge in [0.25, 0.3) is 0 Å². The minimum atomic E-state index is 0.247. The van der Waals surface area contributed by atoms with Crippen molar-refractivity contribution in [2.45, 2.75) is 26.0 Å². The Kier molecular flexibility index (Phi) is 3.89. The van der Waals surface area contributed by atoms with E-state index in [1.54, 1.807) is 11.8 Å². The number of ether oxygens (including phenoxy) is 1. The van der Waals surface area contributed by atoms with E-state index in [9.17, 15) is 4.79 Å². The van der Waals surface area contributed by atoms with Gasteiger partial charge in [0.15, 0.2) is 5.78 Å². The van der Waals surface area contributed by atoms with E-state index in [1.807, 2.05) is 13.8 Å². The number of aryl methyl sites for hydroxylation is 3. The van der Waals surface area contributed by atoms with Crippen LogP contribution in [0.3, 0.4) is 0 Å². The number of Topliss-reactive ketones (excluding diaryl/α,β-unsaturated/α-hetero) is 1. The van der Waals surface area contributed by atoms with Gasteiger partial charge in [0.2, 0.25) is 0 Å². The molecular weight excluding hydrogens is 232 g/mol. The summed E-state index contributed by atoms with van der Waals surface area (Å²) in [5.74, 6) is 0.815. The van der Waals surface area contributed by atoms with Gasteiger partial charge in [-0.25, -0.2) is 0 Å². The largest absolute Gasteiger partial charge is 0.379 e. The van der Waals surface area contributed by atoms with E-state index in [0.717, 1.165) is 29.9 Å². The first-order valence-electron chi connectivity index (χ1n) is 5.88. The van der Waals surface area contributed by atoms with Crippen LogP contribution in [0, 0.1) is 20.8 Å². The zero-order chi connectivity index (χ0) is 12.4. The number of carbonyl (C=O) groups is 1. The third-order valence-corrected chi connectivity index (χ3v) is 4.19. The molecule has 0 N–H and O–H groups in total. The highest BCUT2D eigenvalue weighted by Crippen LogP contribution is 2.23. The highest BCUT2D eigenvalue weighted by Gasteiger charge is 2.21. The zero-order valence-corrected chi connectivity index (χ0v) is 11.4. The maximum absolute atomic E-state index is 12.2. The molecule has 1 fully saturated rings. The number of hydrogen-bond acceptors (Lipinski definition) is 3. The summed E-state index contributed by atoms with van der Waals surface area (Å²) < 4.78 is 5.10. The van der Waals surface area contributed by atoms with Crippen LogP contribution in [0.1, 0.15) is 27.0 Å². The maximum Gasteiger partial charge on any atom is 0.173 e. The van der Waals surface area contributed by atoms with Gasteiger partial charge in [-0.1, -0.05) is 17.7 Å². The monoisotopic (exact) mass is 250 g/mol. The summed E-state index contributed by atoms with van der Waals surface area (Å²) in [6.45, 7) is 7.69. The fourth-order valence-corrected chi connectivity index (χ4v) is 3.11. The lowest BCUT2D eigenvalue weighted by Crippen LogP contribution is -2.31. The SMILES string of the molecule is Cc1cc(C)c(C(=O)CSC2COC2)c(C)c1. The summed E-state index contributed by atoms with van der Waals surface area (Å²) in [5.41, 5.74) is 4.32. The summed E-state index contributed by atoms with van der Waals surface area (Å²) in [4.78, 5) is 12.2. The minimum Gasteiger partial charge on any atom is -0.379 e. The van der Waals surface area contributed by atoms with Gasteiger partial charge in [-0.15, -0.1) is 11.8 Å². The first-order chi connectivity index (χ1) is 8.08. The third-order valence-electron chi connectivity index (χ3n) is 3.01. The molecule has 1 aromatic carbocycles. The summed E-state index contributed by atoms with van der Waals surface area (Å²) in [6.07, 6.45) is 0. The molecule has 0 spiro atoms. The van der Waals surface area contributed by atoms with E-state index >= 15 is 0 Å². The first-order valence-corrected chi connectivity index (χ1v) is 6.93. The van der Waals surface area contributed by atoms with Crippen LogP contribution < -0.4 is 0 Å². The van der Waals surface area contributed by atoms with Crippen molar-refractivity contribution < 1.29 is 9.53 Å². The topological polar surface area (TPSA) is 26.3 Å². The molecular formula is C14H18O2S. The Hall–Kier alpha value is -0.800. The number of thioether (sulfide) groups is 1. The Labute approximate surface area is 107 Å². The van der Waals surface area contributed by atoms with E-state index in [2.05, 4.69) is 19.1 Å². The molecule has 0 saturated carbocycles. The van der Waals surface area contributed by atoms with Gasteiger partial charge in [0, 0.05) is 5.56 Å². The van der Waals surface area contributed by atoms with Gasteiger partial charge >= 0.3 is 0 Å². The molecule has 1 heterocycles. The van der Waals surface area contributed by atoms with Crippen LogP contribution in [0.4, 0.5) is 0 Å². The predicted octanol–water partition coefficient (Wildman–Crippen LogP) is 2.93. The Morgan fingerprint density at radius 2 is 1.88 bits per heavy atom. The molecule has 0 bridgehead atoms. The summed E-state index contributed by atoms with van der Waals surface area (Å²) >= 11 is 1.71. The van der Waals surface area contributed by atoms with Crippen molar-refractivity contribution in [2.24, 2.45) is 0 Å². The van der Waals surface area contributed by atoms with Crippen LogP contribution in [0.15, 0.2) is 12.1 Å². The lowest BCUT2D eigenvalue weighted by Gasteiger charge is -2.25. The molecule has 0 amide bonds. The fourth-order valence-electron chi connectivity index (χ4n) is 2.20. The molecule has 0 aliphatic carbocycles. The molecule has 1 saturated heterocycles. The molecule has 0 atom stereocenters. The van der Waals surface area contributed by atoms with Crippen molar-refractivity contribution in [3.8, 4) is 0 Å². The third kappa shape index (κ3) is 2.90. The summed E-state index contributed by atoms with van der Waals surface area (Å²) in [6, 6.07) is 4.16. The lowest BCUT2D eigenvalue weighted by molar-refractivity contribution is 0.0455. The van der Waals surface area contributed by atoms with Crippen LogP contribution in [0.25, 0.3) is 0 Å². The molecule has 1 aliphatic heterocycles. The average molecular weight is 250 g/mol. The molecule has 1 aliphatic rings. The van der Waals surface area contributed by atoms with Crippen molar-refractivity contribution in [2.75, 3.05) is 19.0 Å². The van der Waals surface area contributed by atoms with Crippen molar-refractivity contribution in [3.63, 3.8) is 0 Å². The molecule has 3 heteroatoms. The van der Waals surface area contributed by atoms with Gasteiger partial charge < -0.3 is 4.74 Å². The van der Waals surface area contributed by atoms with E-state index < -0.39 is 0 Å². The Bertz CT molecular complexity index is 413. The van der Waals surface area contributed by atoms with E-state index in [0.29, 0.717) is 11.0 Å². The van der Waals surface area contributed by atoms with Gasteiger partial charge in [-0.2, -0.15) is 0 Å². The number of hydrogen-bond donors (Lipinski definition) is 0. The fraction of sp³-hybridized carbons (Fsp3) is 0.500. The van der Waals surface area contributed by atoms with Crippen LogP contribution >= 0.6 is 11.8 Å². The Balaban J connectivity index is 2.07. The second kappa shape index (κ2) is 5.23. The lowest BCUT2D eigenvalue weighted by atomic mass is 9.97. The molecule has 92 valence electrons. The molecule has 0 unspecified atom stereocenters. The van der Waals surface area contributed by atoms with Crippen molar-refractivity contribution in [3.05, 3.63) is 34.4 Å². The van der Waals surface area contributed by atoms with Crippen LogP contribution in [-0.4, -0.2) is 30.0 Å². The standard InChI is InChI=1S/C14H18O2S/c1-9-4-10(2)14(11(3)5-9)13(15)8-17-12-6-16-7-12/h4-5,12H,6-8H2,1-3H3. The second-order valence-electron chi connectivity index (χ2n) is 4.67. The smallest absolute Gasteiger partial charge is 0.173 e. The van der Waals surface area contributed by atoms with Crippen LogP contribution in [0.2, 0.25) is 0 Å². The average Bonchev–Trinajstić information content (AvgIpc) is 2.13. The van der Waals surface area contributed by atoms with Crippen LogP contribution in [-0.2, 0) is 4.74 Å². The highest BCUT2D eigenvalue weighted by molar-refractivity contribution is 8.00. The van der Waals surface area contributed by atoms with Gasteiger partial charge in [-0.05, 0) is 31.9 Å². The number of benzene rings is 1. The molecule has 2 nitrogen and oxygen atoms in total. The van der Waals surface area contributed by atoms with E-state index in [1.165, 1.54) is 5.56 Å². The molecule has 0 radical (unpaired) electrons. The van der Waals surface area contributed by atoms with Crippen LogP contribution in [0.5, 0.6) is 0 Å². The normalized spacial score (nSPS) is 15.7. The zero-order valence-electron chi connectivity index (χ0n) is 10.6. The maximum atomic E-state index is 12.2. The highest BCUT2D eigenvalue weighted by atomic mass is 32.2. The van der Waals surface area contributed by atoms with E-state index in [4.69, 9.17) is 4.74 Å². The number of rotatable bonds is 4.